The molecule has 2 N–H and O–H groups in total. The number of hydrogen-bond acceptors (Lipinski definition) is 2. The first-order chi connectivity index (χ1) is 7.31. The largest absolute Gasteiger partial charge is 0.330 e. The molecular formula is C13H16N2. The van der Waals surface area contributed by atoms with E-state index < -0.39 is 0 Å². The van der Waals surface area contributed by atoms with E-state index in [4.69, 9.17) is 5.73 Å². The monoisotopic (exact) mass is 200 g/mol. The fourth-order valence-corrected chi connectivity index (χ4v) is 1.80. The van der Waals surface area contributed by atoms with E-state index in [1.165, 1.54) is 16.3 Å². The molecule has 2 rings (SSSR count). The summed E-state index contributed by atoms with van der Waals surface area (Å²) in [7, 11) is 0. The van der Waals surface area contributed by atoms with Gasteiger partial charge in [-0.2, -0.15) is 0 Å². The maximum absolute atomic E-state index is 5.64. The van der Waals surface area contributed by atoms with Gasteiger partial charge in [0.15, 0.2) is 0 Å². The first kappa shape index (κ1) is 10.1. The molecule has 0 aliphatic carbocycles. The molecule has 2 aromatic rings. The lowest BCUT2D eigenvalue weighted by atomic mass is 9.98. The van der Waals surface area contributed by atoms with Gasteiger partial charge in [-0.1, -0.05) is 31.2 Å². The van der Waals surface area contributed by atoms with Gasteiger partial charge >= 0.3 is 0 Å². The minimum atomic E-state index is 0.512. The molecule has 2 heteroatoms. The Morgan fingerprint density at radius 1 is 1.27 bits per heavy atom. The average molecular weight is 200 g/mol. The number of fused-ring (bicyclic) bond motifs is 1. The van der Waals surface area contributed by atoms with Crippen LogP contribution in [0.4, 0.5) is 0 Å². The maximum atomic E-state index is 5.64. The molecule has 0 amide bonds. The van der Waals surface area contributed by atoms with Crippen LogP contribution in [0, 0.1) is 5.92 Å². The van der Waals surface area contributed by atoms with Crippen LogP contribution in [0.15, 0.2) is 36.7 Å². The number of benzene rings is 1. The van der Waals surface area contributed by atoms with Gasteiger partial charge in [-0.3, -0.25) is 4.98 Å². The Labute approximate surface area is 90.1 Å². The molecule has 0 unspecified atom stereocenters. The summed E-state index contributed by atoms with van der Waals surface area (Å²) >= 11 is 0. The van der Waals surface area contributed by atoms with Crippen LogP contribution in [-0.4, -0.2) is 11.5 Å². The molecule has 0 saturated heterocycles. The van der Waals surface area contributed by atoms with Gasteiger partial charge in [0.25, 0.3) is 0 Å². The predicted molar refractivity (Wildman–Crippen MR) is 63.7 cm³/mol. The van der Waals surface area contributed by atoms with Crippen molar-refractivity contribution in [1.82, 2.24) is 4.98 Å². The zero-order chi connectivity index (χ0) is 10.7. The van der Waals surface area contributed by atoms with Gasteiger partial charge < -0.3 is 5.73 Å². The van der Waals surface area contributed by atoms with Gasteiger partial charge in [0.2, 0.25) is 0 Å². The average Bonchev–Trinajstić information content (AvgIpc) is 2.29. The van der Waals surface area contributed by atoms with Gasteiger partial charge in [0, 0.05) is 17.8 Å². The van der Waals surface area contributed by atoms with Gasteiger partial charge in [0.05, 0.1) is 0 Å². The third kappa shape index (κ3) is 2.16. The molecule has 0 bridgehead atoms. The van der Waals surface area contributed by atoms with Crippen molar-refractivity contribution in [2.75, 3.05) is 6.54 Å². The quantitative estimate of drug-likeness (QED) is 0.826. The molecule has 0 aliphatic rings. The van der Waals surface area contributed by atoms with Crippen LogP contribution < -0.4 is 5.73 Å². The van der Waals surface area contributed by atoms with Crippen molar-refractivity contribution in [3.63, 3.8) is 0 Å². The van der Waals surface area contributed by atoms with Crippen molar-refractivity contribution in [3.05, 3.63) is 42.2 Å². The Kier molecular flexibility index (Phi) is 2.97. The predicted octanol–water partition coefficient (Wildman–Crippen LogP) is 2.37. The Morgan fingerprint density at radius 2 is 2.07 bits per heavy atom. The third-order valence-corrected chi connectivity index (χ3v) is 2.72. The Morgan fingerprint density at radius 3 is 2.87 bits per heavy atom. The summed E-state index contributed by atoms with van der Waals surface area (Å²) in [5.74, 6) is 0.512. The topological polar surface area (TPSA) is 38.9 Å². The van der Waals surface area contributed by atoms with Gasteiger partial charge in [-0.05, 0) is 29.8 Å². The van der Waals surface area contributed by atoms with Crippen LogP contribution in [0.3, 0.4) is 0 Å². The highest BCUT2D eigenvalue weighted by Crippen LogP contribution is 2.19. The molecule has 1 aromatic heterocycles. The lowest BCUT2D eigenvalue weighted by molar-refractivity contribution is 0.594. The number of aromatic nitrogens is 1. The van der Waals surface area contributed by atoms with E-state index in [1.54, 1.807) is 0 Å². The van der Waals surface area contributed by atoms with Crippen LogP contribution in [-0.2, 0) is 6.42 Å². The molecule has 1 aromatic carbocycles. The molecule has 0 fully saturated rings. The van der Waals surface area contributed by atoms with E-state index >= 15 is 0 Å². The molecule has 0 saturated carbocycles. The highest BCUT2D eigenvalue weighted by Gasteiger charge is 2.05. The van der Waals surface area contributed by atoms with Crippen molar-refractivity contribution < 1.29 is 0 Å². The SMILES string of the molecule is C[C@@H](CN)Cc1cncc2ccccc12. The van der Waals surface area contributed by atoms with Crippen LogP contribution in [0.2, 0.25) is 0 Å². The highest BCUT2D eigenvalue weighted by molar-refractivity contribution is 5.84. The standard InChI is InChI=1S/C13H16N2/c1-10(7-14)6-12-9-15-8-11-4-2-3-5-13(11)12/h2-5,8-10H,6-7,14H2,1H3/t10-/m1/s1. The summed E-state index contributed by atoms with van der Waals surface area (Å²) in [6, 6.07) is 8.35. The fraction of sp³-hybridized carbons (Fsp3) is 0.308. The van der Waals surface area contributed by atoms with Crippen molar-refractivity contribution >= 4 is 10.8 Å². The minimum Gasteiger partial charge on any atom is -0.330 e. The molecule has 1 heterocycles. The maximum Gasteiger partial charge on any atom is 0.0346 e. The number of nitrogens with two attached hydrogens (primary N) is 1. The van der Waals surface area contributed by atoms with E-state index in [1.807, 2.05) is 18.5 Å². The summed E-state index contributed by atoms with van der Waals surface area (Å²) in [5, 5.41) is 2.51. The first-order valence-corrected chi connectivity index (χ1v) is 5.33. The summed E-state index contributed by atoms with van der Waals surface area (Å²) in [4.78, 5) is 4.26. The second-order valence-corrected chi connectivity index (χ2v) is 4.06. The number of pyridine rings is 1. The van der Waals surface area contributed by atoms with E-state index in [0.29, 0.717) is 5.92 Å². The lowest BCUT2D eigenvalue weighted by Gasteiger charge is -2.10. The molecule has 0 aliphatic heterocycles. The summed E-state index contributed by atoms with van der Waals surface area (Å²) in [6.07, 6.45) is 4.87. The molecule has 0 radical (unpaired) electrons. The normalized spacial score (nSPS) is 12.9. The van der Waals surface area contributed by atoms with Crippen molar-refractivity contribution in [2.45, 2.75) is 13.3 Å². The fourth-order valence-electron chi connectivity index (χ4n) is 1.80. The van der Waals surface area contributed by atoms with Crippen LogP contribution in [0.5, 0.6) is 0 Å². The second kappa shape index (κ2) is 4.41. The summed E-state index contributed by atoms with van der Waals surface area (Å²) in [6.45, 7) is 2.89. The zero-order valence-electron chi connectivity index (χ0n) is 8.98. The van der Waals surface area contributed by atoms with E-state index in [9.17, 15) is 0 Å². The van der Waals surface area contributed by atoms with E-state index in [-0.39, 0.29) is 0 Å². The number of nitrogens with zero attached hydrogens (tertiary/aromatic N) is 1. The summed E-state index contributed by atoms with van der Waals surface area (Å²) in [5.41, 5.74) is 6.94. The van der Waals surface area contributed by atoms with E-state index in [2.05, 4.69) is 30.1 Å². The minimum absolute atomic E-state index is 0.512. The molecular weight excluding hydrogens is 184 g/mol. The molecule has 1 atom stereocenters. The van der Waals surface area contributed by atoms with Crippen molar-refractivity contribution in [3.8, 4) is 0 Å². The smallest absolute Gasteiger partial charge is 0.0346 e. The highest BCUT2D eigenvalue weighted by atomic mass is 14.6. The van der Waals surface area contributed by atoms with Crippen LogP contribution in [0.25, 0.3) is 10.8 Å². The molecule has 78 valence electrons. The second-order valence-electron chi connectivity index (χ2n) is 4.06. The van der Waals surface area contributed by atoms with Crippen molar-refractivity contribution in [2.24, 2.45) is 11.7 Å². The first-order valence-electron chi connectivity index (χ1n) is 5.33. The molecule has 15 heavy (non-hydrogen) atoms. The van der Waals surface area contributed by atoms with Crippen LogP contribution >= 0.6 is 0 Å². The molecule has 2 nitrogen and oxygen atoms in total. The van der Waals surface area contributed by atoms with Gasteiger partial charge in [-0.15, -0.1) is 0 Å². The third-order valence-electron chi connectivity index (χ3n) is 2.72. The van der Waals surface area contributed by atoms with Crippen LogP contribution in [0.1, 0.15) is 12.5 Å². The summed E-state index contributed by atoms with van der Waals surface area (Å²) < 4.78 is 0. The zero-order valence-corrected chi connectivity index (χ0v) is 8.98. The number of hydrogen-bond donors (Lipinski definition) is 1. The Bertz CT molecular complexity index is 446. The van der Waals surface area contributed by atoms with Gasteiger partial charge in [0.1, 0.15) is 0 Å². The van der Waals surface area contributed by atoms with Gasteiger partial charge in [-0.25, -0.2) is 0 Å². The van der Waals surface area contributed by atoms with Crippen molar-refractivity contribution in [1.29, 1.82) is 0 Å². The Hall–Kier alpha value is -1.41. The molecule has 0 spiro atoms. The number of rotatable bonds is 3. The lowest BCUT2D eigenvalue weighted by Crippen LogP contribution is -2.13. The van der Waals surface area contributed by atoms with E-state index in [0.717, 1.165) is 13.0 Å². The Balaban J connectivity index is 2.42.